The molecule has 14 unspecified atom stereocenters. The van der Waals surface area contributed by atoms with E-state index in [2.05, 4.69) is 0 Å². The fourth-order valence-electron chi connectivity index (χ4n) is 6.46. The molecule has 2 aliphatic carbocycles. The second-order valence-corrected chi connectivity index (χ2v) is 11.8. The summed E-state index contributed by atoms with van der Waals surface area (Å²) in [5, 5.41) is 61.6. The summed E-state index contributed by atoms with van der Waals surface area (Å²) in [4.78, 5) is 12.1. The molecule has 14 atom stereocenters. The van der Waals surface area contributed by atoms with E-state index in [1.807, 2.05) is 6.92 Å². The van der Waals surface area contributed by atoms with Crippen LogP contribution in [0.15, 0.2) is 0 Å². The summed E-state index contributed by atoms with van der Waals surface area (Å²) in [7, 11) is 0. The van der Waals surface area contributed by atoms with Crippen LogP contribution in [0.4, 0.5) is 0 Å². The predicted octanol–water partition coefficient (Wildman–Crippen LogP) is -1.11. The van der Waals surface area contributed by atoms with Gasteiger partial charge in [-0.1, -0.05) is 13.3 Å². The molecule has 5 fully saturated rings. The minimum Gasteiger partial charge on any atom is -0.479 e. The Bertz CT molecular complexity index is 854. The van der Waals surface area contributed by atoms with Crippen molar-refractivity contribution in [2.45, 2.75) is 132 Å². The molecule has 3 aliphatic heterocycles. The number of hydrogen-bond donors (Lipinski definition) is 6. The van der Waals surface area contributed by atoms with Crippen molar-refractivity contribution in [2.24, 2.45) is 11.3 Å². The number of fused-ring (bicyclic) bond motifs is 1. The van der Waals surface area contributed by atoms with Crippen LogP contribution in [0, 0.1) is 11.3 Å². The maximum Gasteiger partial charge on any atom is 0.333 e. The minimum absolute atomic E-state index is 0.0296. The molecule has 0 radical (unpaired) electrons. The molecule has 39 heavy (non-hydrogen) atoms. The summed E-state index contributed by atoms with van der Waals surface area (Å²) < 4.78 is 36.3. The highest BCUT2D eigenvalue weighted by molar-refractivity contribution is 5.74. The smallest absolute Gasteiger partial charge is 0.333 e. The van der Waals surface area contributed by atoms with E-state index < -0.39 is 97.7 Å². The minimum atomic E-state index is -1.47. The second kappa shape index (κ2) is 11.7. The number of carboxylic acid groups (broad SMARTS) is 1. The van der Waals surface area contributed by atoms with E-state index in [1.165, 1.54) is 0 Å². The van der Waals surface area contributed by atoms with Gasteiger partial charge >= 0.3 is 5.97 Å². The van der Waals surface area contributed by atoms with Crippen LogP contribution in [0.2, 0.25) is 0 Å². The molecule has 0 aromatic rings. The van der Waals surface area contributed by atoms with Gasteiger partial charge in [-0.25, -0.2) is 4.79 Å². The molecule has 13 nitrogen and oxygen atoms in total. The third-order valence-corrected chi connectivity index (χ3v) is 9.16. The van der Waals surface area contributed by atoms with Crippen molar-refractivity contribution in [3.05, 3.63) is 0 Å². The first-order valence-electron chi connectivity index (χ1n) is 14.0. The molecule has 13 heteroatoms. The Morgan fingerprint density at radius 2 is 1.62 bits per heavy atom. The number of aliphatic hydroxyl groups is 5. The lowest BCUT2D eigenvalue weighted by atomic mass is 9.85. The molecule has 5 rings (SSSR count). The third-order valence-electron chi connectivity index (χ3n) is 9.16. The zero-order valence-corrected chi connectivity index (χ0v) is 22.3. The van der Waals surface area contributed by atoms with Crippen LogP contribution in [-0.4, -0.2) is 130 Å². The Morgan fingerprint density at radius 1 is 0.872 bits per heavy atom. The lowest BCUT2D eigenvalue weighted by molar-refractivity contribution is -0.356. The molecule has 0 aromatic heterocycles. The molecular formula is C26H42O13. The van der Waals surface area contributed by atoms with Crippen LogP contribution in [0.1, 0.15) is 52.4 Å². The van der Waals surface area contributed by atoms with Gasteiger partial charge in [-0.05, 0) is 44.9 Å². The maximum atomic E-state index is 12.1. The van der Waals surface area contributed by atoms with Gasteiger partial charge < -0.3 is 59.1 Å². The molecule has 1 spiro atoms. The number of ether oxygens (including phenoxy) is 6. The van der Waals surface area contributed by atoms with Gasteiger partial charge in [0.1, 0.15) is 42.7 Å². The normalized spacial score (nSPS) is 50.0. The van der Waals surface area contributed by atoms with Crippen LogP contribution >= 0.6 is 0 Å². The average Bonchev–Trinajstić information content (AvgIpc) is 3.68. The lowest BCUT2D eigenvalue weighted by Crippen LogP contribution is -2.64. The van der Waals surface area contributed by atoms with Gasteiger partial charge in [0.2, 0.25) is 0 Å². The van der Waals surface area contributed by atoms with E-state index in [0.29, 0.717) is 25.7 Å². The monoisotopic (exact) mass is 562 g/mol. The zero-order valence-electron chi connectivity index (χ0n) is 22.3. The SMILES string of the molecule is CC1CCCC(OC2OC(CO)C(O)C3OC(C(=O)O)C4(CCOC23)CC4)C1OC1OC(C)C(O)C(O)C1O. The van der Waals surface area contributed by atoms with Gasteiger partial charge in [-0.15, -0.1) is 0 Å². The molecule has 3 heterocycles. The first-order valence-corrected chi connectivity index (χ1v) is 14.0. The summed E-state index contributed by atoms with van der Waals surface area (Å²) in [5.41, 5.74) is -0.534. The summed E-state index contributed by atoms with van der Waals surface area (Å²) in [6, 6.07) is 0. The average molecular weight is 563 g/mol. The molecule has 0 bridgehead atoms. The highest BCUT2D eigenvalue weighted by atomic mass is 16.7. The maximum absolute atomic E-state index is 12.1. The van der Waals surface area contributed by atoms with Gasteiger partial charge in [0, 0.05) is 12.0 Å². The van der Waals surface area contributed by atoms with Crippen LogP contribution in [0.3, 0.4) is 0 Å². The number of carbonyl (C=O) groups is 1. The van der Waals surface area contributed by atoms with Crippen molar-refractivity contribution in [1.29, 1.82) is 0 Å². The summed E-state index contributed by atoms with van der Waals surface area (Å²) in [5.74, 6) is -1.13. The first kappa shape index (κ1) is 29.5. The molecule has 6 N–H and O–H groups in total. The fourth-order valence-corrected chi connectivity index (χ4v) is 6.46. The van der Waals surface area contributed by atoms with Gasteiger partial charge in [0.25, 0.3) is 0 Å². The Hall–Kier alpha value is -0.970. The second-order valence-electron chi connectivity index (χ2n) is 11.8. The topological polar surface area (TPSA) is 194 Å². The zero-order chi connectivity index (χ0) is 28.1. The van der Waals surface area contributed by atoms with Gasteiger partial charge in [0.05, 0.1) is 24.9 Å². The van der Waals surface area contributed by atoms with E-state index in [0.717, 1.165) is 12.8 Å². The van der Waals surface area contributed by atoms with Crippen LogP contribution < -0.4 is 0 Å². The van der Waals surface area contributed by atoms with Gasteiger partial charge in [-0.3, -0.25) is 0 Å². The number of rotatable bonds is 6. The Balaban J connectivity index is 1.35. The van der Waals surface area contributed by atoms with Crippen LogP contribution in [-0.2, 0) is 33.2 Å². The lowest BCUT2D eigenvalue weighted by Gasteiger charge is -2.49. The Labute approximate surface area is 226 Å². The highest BCUT2D eigenvalue weighted by Crippen LogP contribution is 2.54. The van der Waals surface area contributed by atoms with Gasteiger partial charge in [0.15, 0.2) is 18.7 Å². The Morgan fingerprint density at radius 3 is 2.28 bits per heavy atom. The molecule has 0 amide bonds. The van der Waals surface area contributed by atoms with Crippen LogP contribution in [0.25, 0.3) is 0 Å². The number of carboxylic acids is 1. The first-order chi connectivity index (χ1) is 18.6. The quantitative estimate of drug-likeness (QED) is 0.228. The van der Waals surface area contributed by atoms with E-state index in [-0.39, 0.29) is 12.5 Å². The molecule has 3 saturated heterocycles. The van der Waals surface area contributed by atoms with E-state index in [4.69, 9.17) is 28.4 Å². The van der Waals surface area contributed by atoms with Gasteiger partial charge in [-0.2, -0.15) is 0 Å². The Kier molecular flexibility index (Phi) is 8.87. The molecule has 0 aromatic carbocycles. The highest BCUT2D eigenvalue weighted by Gasteiger charge is 2.59. The standard InChI is InChI=1S/C26H42O13/c1-11-4-3-5-13(19(11)39-24-18(31)17(30)15(28)12(2)35-24)36-25-21-20(16(29)14(10-27)37-25)38-22(23(32)33)26(6-7-26)8-9-34-21/h11-22,24-25,27-31H,3-10H2,1-2H3,(H,32,33). The van der Waals surface area contributed by atoms with E-state index in [9.17, 15) is 35.4 Å². The predicted molar refractivity (Wildman–Crippen MR) is 129 cm³/mol. The fraction of sp³-hybridized carbons (Fsp3) is 0.962. The molecule has 2 saturated carbocycles. The van der Waals surface area contributed by atoms with Crippen LogP contribution in [0.5, 0.6) is 0 Å². The number of aliphatic hydroxyl groups excluding tert-OH is 5. The molecule has 5 aliphatic rings. The van der Waals surface area contributed by atoms with Crippen molar-refractivity contribution < 1.29 is 63.9 Å². The van der Waals surface area contributed by atoms with Crippen molar-refractivity contribution in [2.75, 3.05) is 13.2 Å². The van der Waals surface area contributed by atoms with Crippen molar-refractivity contribution in [3.8, 4) is 0 Å². The number of aliphatic carboxylic acids is 1. The number of hydrogen-bond acceptors (Lipinski definition) is 12. The van der Waals surface area contributed by atoms with E-state index >= 15 is 0 Å². The van der Waals surface area contributed by atoms with E-state index in [1.54, 1.807) is 6.92 Å². The molecule has 224 valence electrons. The van der Waals surface area contributed by atoms with Crippen molar-refractivity contribution in [1.82, 2.24) is 0 Å². The summed E-state index contributed by atoms with van der Waals surface area (Å²) in [6.45, 7) is 3.23. The third kappa shape index (κ3) is 5.73. The summed E-state index contributed by atoms with van der Waals surface area (Å²) in [6.07, 6.45) is -10.00. The van der Waals surface area contributed by atoms with Crippen molar-refractivity contribution in [3.63, 3.8) is 0 Å². The largest absolute Gasteiger partial charge is 0.479 e. The molecular weight excluding hydrogens is 520 g/mol. The summed E-state index contributed by atoms with van der Waals surface area (Å²) >= 11 is 0. The van der Waals surface area contributed by atoms with Crippen molar-refractivity contribution >= 4 is 5.97 Å².